The number of ether oxygens (including phenoxy) is 1. The molecule has 1 rings (SSSR count). The highest BCUT2D eigenvalue weighted by Gasteiger charge is 2.02. The van der Waals surface area contributed by atoms with Gasteiger partial charge in [0.25, 0.3) is 0 Å². The maximum absolute atomic E-state index is 12.7. The summed E-state index contributed by atoms with van der Waals surface area (Å²) in [6.45, 7) is 2.51. The van der Waals surface area contributed by atoms with Gasteiger partial charge in [0.2, 0.25) is 0 Å². The summed E-state index contributed by atoms with van der Waals surface area (Å²) in [5, 5.41) is 0. The van der Waals surface area contributed by atoms with E-state index in [-0.39, 0.29) is 11.9 Å². The van der Waals surface area contributed by atoms with Crippen LogP contribution in [0.25, 0.3) is 0 Å². The molecule has 3 heteroatoms. The van der Waals surface area contributed by atoms with Crippen molar-refractivity contribution in [2.75, 3.05) is 6.61 Å². The van der Waals surface area contributed by atoms with Gasteiger partial charge in [-0.2, -0.15) is 0 Å². The molecule has 0 spiro atoms. The summed E-state index contributed by atoms with van der Waals surface area (Å²) in [6, 6.07) is 6.12. The predicted molar refractivity (Wildman–Crippen MR) is 54.8 cm³/mol. The fraction of sp³-hybridized carbons (Fsp3) is 0.455. The molecule has 78 valence electrons. The summed E-state index contributed by atoms with van der Waals surface area (Å²) < 4.78 is 18.1. The van der Waals surface area contributed by atoms with Crippen molar-refractivity contribution in [3.8, 4) is 5.75 Å². The van der Waals surface area contributed by atoms with Crippen LogP contribution in [0, 0.1) is 5.82 Å². The van der Waals surface area contributed by atoms with E-state index in [9.17, 15) is 4.39 Å². The molecule has 14 heavy (non-hydrogen) atoms. The van der Waals surface area contributed by atoms with Crippen LogP contribution in [-0.4, -0.2) is 12.6 Å². The SMILES string of the molecule is CCCC(N)COc1cccc(F)c1. The third-order valence-corrected chi connectivity index (χ3v) is 1.92. The lowest BCUT2D eigenvalue weighted by atomic mass is 10.2. The molecule has 0 fully saturated rings. The predicted octanol–water partition coefficient (Wildman–Crippen LogP) is 2.33. The number of rotatable bonds is 5. The first kappa shape index (κ1) is 11.0. The van der Waals surface area contributed by atoms with Crippen LogP contribution in [0.2, 0.25) is 0 Å². The Morgan fingerprint density at radius 3 is 2.93 bits per heavy atom. The Morgan fingerprint density at radius 2 is 2.29 bits per heavy atom. The van der Waals surface area contributed by atoms with Crippen molar-refractivity contribution >= 4 is 0 Å². The Hall–Kier alpha value is -1.09. The van der Waals surface area contributed by atoms with Crippen molar-refractivity contribution in [1.29, 1.82) is 0 Å². The molecule has 0 bridgehead atoms. The molecule has 0 saturated heterocycles. The molecule has 1 aromatic carbocycles. The van der Waals surface area contributed by atoms with E-state index in [1.54, 1.807) is 12.1 Å². The smallest absolute Gasteiger partial charge is 0.126 e. The Morgan fingerprint density at radius 1 is 1.50 bits per heavy atom. The molecule has 0 saturated carbocycles. The summed E-state index contributed by atoms with van der Waals surface area (Å²) in [5.74, 6) is 0.253. The maximum atomic E-state index is 12.7. The van der Waals surface area contributed by atoms with Crippen molar-refractivity contribution in [1.82, 2.24) is 0 Å². The first-order valence-corrected chi connectivity index (χ1v) is 4.86. The van der Waals surface area contributed by atoms with Crippen LogP contribution in [-0.2, 0) is 0 Å². The minimum Gasteiger partial charge on any atom is -0.492 e. The molecule has 0 aliphatic heterocycles. The fourth-order valence-electron chi connectivity index (χ4n) is 1.21. The monoisotopic (exact) mass is 197 g/mol. The molecule has 0 heterocycles. The standard InChI is InChI=1S/C11H16FNO/c1-2-4-10(13)8-14-11-6-3-5-9(12)7-11/h3,5-7,10H,2,4,8,13H2,1H3. The van der Waals surface area contributed by atoms with Crippen molar-refractivity contribution in [3.63, 3.8) is 0 Å². The average Bonchev–Trinajstić information content (AvgIpc) is 2.15. The molecule has 0 aliphatic rings. The van der Waals surface area contributed by atoms with Gasteiger partial charge >= 0.3 is 0 Å². The molecule has 2 nitrogen and oxygen atoms in total. The summed E-state index contributed by atoms with van der Waals surface area (Å²) in [6.07, 6.45) is 1.96. The first-order chi connectivity index (χ1) is 6.72. The van der Waals surface area contributed by atoms with Crippen LogP contribution >= 0.6 is 0 Å². The van der Waals surface area contributed by atoms with E-state index in [1.807, 2.05) is 0 Å². The molecule has 1 aromatic rings. The molecular formula is C11H16FNO. The van der Waals surface area contributed by atoms with Gasteiger partial charge in [0.15, 0.2) is 0 Å². The fourth-order valence-corrected chi connectivity index (χ4v) is 1.21. The van der Waals surface area contributed by atoms with Crippen LogP contribution in [0.3, 0.4) is 0 Å². The van der Waals surface area contributed by atoms with Crippen molar-refractivity contribution < 1.29 is 9.13 Å². The number of hydrogen-bond donors (Lipinski definition) is 1. The quantitative estimate of drug-likeness (QED) is 0.786. The first-order valence-electron chi connectivity index (χ1n) is 4.86. The van der Waals surface area contributed by atoms with Gasteiger partial charge in [0.05, 0.1) is 0 Å². The second-order valence-corrected chi connectivity index (χ2v) is 3.32. The molecular weight excluding hydrogens is 181 g/mol. The van der Waals surface area contributed by atoms with Crippen molar-refractivity contribution in [3.05, 3.63) is 30.1 Å². The van der Waals surface area contributed by atoms with E-state index < -0.39 is 0 Å². The second-order valence-electron chi connectivity index (χ2n) is 3.32. The average molecular weight is 197 g/mol. The normalized spacial score (nSPS) is 12.5. The molecule has 0 aliphatic carbocycles. The van der Waals surface area contributed by atoms with Crippen molar-refractivity contribution in [2.24, 2.45) is 5.73 Å². The maximum Gasteiger partial charge on any atom is 0.126 e. The topological polar surface area (TPSA) is 35.2 Å². The van der Waals surface area contributed by atoms with Crippen molar-refractivity contribution in [2.45, 2.75) is 25.8 Å². The van der Waals surface area contributed by atoms with Crippen LogP contribution in [0.5, 0.6) is 5.75 Å². The Balaban J connectivity index is 2.37. The van der Waals surface area contributed by atoms with E-state index in [4.69, 9.17) is 10.5 Å². The zero-order chi connectivity index (χ0) is 10.4. The van der Waals surface area contributed by atoms with E-state index in [2.05, 4.69) is 6.92 Å². The molecule has 1 atom stereocenters. The Labute approximate surface area is 83.9 Å². The summed E-state index contributed by atoms with van der Waals surface area (Å²) in [7, 11) is 0. The van der Waals surface area contributed by atoms with E-state index in [1.165, 1.54) is 12.1 Å². The third-order valence-electron chi connectivity index (χ3n) is 1.92. The minimum absolute atomic E-state index is 0.0308. The van der Waals surface area contributed by atoms with Crippen LogP contribution in [0.1, 0.15) is 19.8 Å². The summed E-state index contributed by atoms with van der Waals surface area (Å²) in [4.78, 5) is 0. The number of benzene rings is 1. The lowest BCUT2D eigenvalue weighted by Gasteiger charge is -2.11. The molecule has 1 unspecified atom stereocenters. The molecule has 0 aromatic heterocycles. The largest absolute Gasteiger partial charge is 0.492 e. The van der Waals surface area contributed by atoms with Gasteiger partial charge < -0.3 is 10.5 Å². The van der Waals surface area contributed by atoms with Crippen LogP contribution in [0.15, 0.2) is 24.3 Å². The Bertz CT molecular complexity index is 278. The van der Waals surface area contributed by atoms with E-state index in [0.29, 0.717) is 12.4 Å². The lowest BCUT2D eigenvalue weighted by molar-refractivity contribution is 0.280. The molecule has 0 amide bonds. The highest BCUT2D eigenvalue weighted by atomic mass is 19.1. The van der Waals surface area contributed by atoms with Gasteiger partial charge in [-0.1, -0.05) is 19.4 Å². The lowest BCUT2D eigenvalue weighted by Crippen LogP contribution is -2.27. The van der Waals surface area contributed by atoms with E-state index in [0.717, 1.165) is 12.8 Å². The van der Waals surface area contributed by atoms with Gasteiger partial charge in [0, 0.05) is 12.1 Å². The second kappa shape index (κ2) is 5.60. The van der Waals surface area contributed by atoms with Crippen LogP contribution < -0.4 is 10.5 Å². The zero-order valence-electron chi connectivity index (χ0n) is 8.37. The Kier molecular flexibility index (Phi) is 4.40. The summed E-state index contributed by atoms with van der Waals surface area (Å²) in [5.41, 5.74) is 5.75. The summed E-state index contributed by atoms with van der Waals surface area (Å²) >= 11 is 0. The van der Waals surface area contributed by atoms with Gasteiger partial charge in [-0.25, -0.2) is 4.39 Å². The molecule has 0 radical (unpaired) electrons. The highest BCUT2D eigenvalue weighted by Crippen LogP contribution is 2.12. The number of hydrogen-bond acceptors (Lipinski definition) is 2. The van der Waals surface area contributed by atoms with Gasteiger partial charge in [0.1, 0.15) is 18.2 Å². The van der Waals surface area contributed by atoms with Gasteiger partial charge in [-0.3, -0.25) is 0 Å². The molecule has 2 N–H and O–H groups in total. The minimum atomic E-state index is -0.286. The number of halogens is 1. The zero-order valence-corrected chi connectivity index (χ0v) is 8.37. The van der Waals surface area contributed by atoms with Gasteiger partial charge in [-0.05, 0) is 18.6 Å². The van der Waals surface area contributed by atoms with E-state index >= 15 is 0 Å². The number of nitrogens with two attached hydrogens (primary N) is 1. The van der Waals surface area contributed by atoms with Crippen LogP contribution in [0.4, 0.5) is 4.39 Å². The van der Waals surface area contributed by atoms with Gasteiger partial charge in [-0.15, -0.1) is 0 Å². The third kappa shape index (κ3) is 3.75. The highest BCUT2D eigenvalue weighted by molar-refractivity contribution is 5.22.